The molecule has 3 rings (SSSR count). The number of likely N-dealkylation sites (tertiary alicyclic amines) is 1. The predicted molar refractivity (Wildman–Crippen MR) is 76.1 cm³/mol. The fraction of sp³-hybridized carbons (Fsp3) is 0.562. The van der Waals surface area contributed by atoms with Gasteiger partial charge in [-0.15, -0.1) is 0 Å². The Hall–Kier alpha value is -1.56. The SMILES string of the molecule is O=C(N1CCC(NC2CC2)C[C@H]1c1ccccc1)C(F)(F)F. The van der Waals surface area contributed by atoms with Crippen LogP contribution in [0.1, 0.15) is 37.3 Å². The number of amides is 1. The van der Waals surface area contributed by atoms with Crippen molar-refractivity contribution in [2.45, 2.75) is 50.0 Å². The Kier molecular flexibility index (Phi) is 4.12. The molecule has 1 saturated heterocycles. The number of halogens is 3. The van der Waals surface area contributed by atoms with E-state index >= 15 is 0 Å². The van der Waals surface area contributed by atoms with Gasteiger partial charge in [0.1, 0.15) is 0 Å². The minimum atomic E-state index is -4.82. The number of carbonyl (C=O) groups excluding carboxylic acids is 1. The van der Waals surface area contributed by atoms with Crippen LogP contribution >= 0.6 is 0 Å². The van der Waals surface area contributed by atoms with Gasteiger partial charge in [0.05, 0.1) is 6.04 Å². The largest absolute Gasteiger partial charge is 0.471 e. The van der Waals surface area contributed by atoms with Crippen LogP contribution in [0.4, 0.5) is 13.2 Å². The smallest absolute Gasteiger partial charge is 0.328 e. The second-order valence-electron chi connectivity index (χ2n) is 6.09. The maximum Gasteiger partial charge on any atom is 0.471 e. The van der Waals surface area contributed by atoms with Crippen LogP contribution in [0.15, 0.2) is 30.3 Å². The molecular formula is C16H19F3N2O. The molecule has 1 unspecified atom stereocenters. The van der Waals surface area contributed by atoms with Crippen LogP contribution in [0.3, 0.4) is 0 Å². The summed E-state index contributed by atoms with van der Waals surface area (Å²) in [6.07, 6.45) is -1.44. The standard InChI is InChI=1S/C16H19F3N2O/c17-16(18,19)15(22)21-9-8-13(20-12-6-7-12)10-14(21)11-4-2-1-3-5-11/h1-5,12-14,20H,6-10H2/t13?,14-/m0/s1. The summed E-state index contributed by atoms with van der Waals surface area (Å²) in [4.78, 5) is 12.7. The van der Waals surface area contributed by atoms with Gasteiger partial charge in [0.25, 0.3) is 0 Å². The zero-order valence-electron chi connectivity index (χ0n) is 12.1. The molecule has 22 heavy (non-hydrogen) atoms. The lowest BCUT2D eigenvalue weighted by Crippen LogP contribution is -2.50. The van der Waals surface area contributed by atoms with E-state index in [-0.39, 0.29) is 12.6 Å². The number of rotatable bonds is 3. The Labute approximate surface area is 127 Å². The molecule has 2 atom stereocenters. The number of benzene rings is 1. The van der Waals surface area contributed by atoms with Crippen LogP contribution in [0.2, 0.25) is 0 Å². The molecule has 2 fully saturated rings. The van der Waals surface area contributed by atoms with Crippen molar-refractivity contribution in [3.05, 3.63) is 35.9 Å². The van der Waals surface area contributed by atoms with Gasteiger partial charge >= 0.3 is 12.1 Å². The zero-order chi connectivity index (χ0) is 15.7. The molecule has 1 aromatic carbocycles. The highest BCUT2D eigenvalue weighted by Crippen LogP contribution is 2.35. The molecule has 3 nitrogen and oxygen atoms in total. The molecule has 1 aliphatic heterocycles. The van der Waals surface area contributed by atoms with Crippen molar-refractivity contribution < 1.29 is 18.0 Å². The van der Waals surface area contributed by atoms with Crippen LogP contribution in [0.25, 0.3) is 0 Å². The first kappa shape index (κ1) is 15.3. The first-order chi connectivity index (χ1) is 10.4. The van der Waals surface area contributed by atoms with Crippen LogP contribution in [-0.2, 0) is 4.79 Å². The molecule has 1 heterocycles. The van der Waals surface area contributed by atoms with E-state index in [9.17, 15) is 18.0 Å². The lowest BCUT2D eigenvalue weighted by molar-refractivity contribution is -0.189. The van der Waals surface area contributed by atoms with Gasteiger partial charge in [0.2, 0.25) is 0 Å². The number of carbonyl (C=O) groups is 1. The quantitative estimate of drug-likeness (QED) is 0.930. The third-order valence-electron chi connectivity index (χ3n) is 4.34. The molecule has 0 bridgehead atoms. The topological polar surface area (TPSA) is 32.3 Å². The van der Waals surface area contributed by atoms with Crippen LogP contribution in [-0.4, -0.2) is 35.6 Å². The highest BCUT2D eigenvalue weighted by Gasteiger charge is 2.46. The van der Waals surface area contributed by atoms with Gasteiger partial charge in [-0.05, 0) is 31.2 Å². The zero-order valence-corrected chi connectivity index (χ0v) is 12.1. The Morgan fingerprint density at radius 2 is 1.77 bits per heavy atom. The minimum absolute atomic E-state index is 0.141. The highest BCUT2D eigenvalue weighted by molar-refractivity contribution is 5.82. The van der Waals surface area contributed by atoms with Gasteiger partial charge in [0.15, 0.2) is 0 Å². The van der Waals surface area contributed by atoms with Gasteiger partial charge in [-0.2, -0.15) is 13.2 Å². The number of alkyl halides is 3. The fourth-order valence-electron chi connectivity index (χ4n) is 3.10. The van der Waals surface area contributed by atoms with E-state index in [4.69, 9.17) is 0 Å². The van der Waals surface area contributed by atoms with Crippen molar-refractivity contribution in [3.63, 3.8) is 0 Å². The van der Waals surface area contributed by atoms with E-state index in [1.165, 1.54) is 0 Å². The summed E-state index contributed by atoms with van der Waals surface area (Å²) in [5.41, 5.74) is 0.766. The number of hydrogen-bond acceptors (Lipinski definition) is 2. The Balaban J connectivity index is 1.80. The number of nitrogens with zero attached hydrogens (tertiary/aromatic N) is 1. The Morgan fingerprint density at radius 1 is 1.09 bits per heavy atom. The van der Waals surface area contributed by atoms with Gasteiger partial charge in [0, 0.05) is 18.6 Å². The highest BCUT2D eigenvalue weighted by atomic mass is 19.4. The average molecular weight is 312 g/mol. The average Bonchev–Trinajstić information content (AvgIpc) is 3.30. The molecule has 0 radical (unpaired) electrons. The molecule has 1 aliphatic carbocycles. The Bertz CT molecular complexity index is 528. The summed E-state index contributed by atoms with van der Waals surface area (Å²) in [6.45, 7) is 0.141. The minimum Gasteiger partial charge on any atom is -0.328 e. The summed E-state index contributed by atoms with van der Waals surface area (Å²) in [6, 6.07) is 9.17. The first-order valence-corrected chi connectivity index (χ1v) is 7.64. The van der Waals surface area contributed by atoms with Crippen molar-refractivity contribution in [2.75, 3.05) is 6.54 Å². The first-order valence-electron chi connectivity index (χ1n) is 7.64. The van der Waals surface area contributed by atoms with Crippen LogP contribution in [0, 0.1) is 0 Å². The van der Waals surface area contributed by atoms with Crippen molar-refractivity contribution in [2.24, 2.45) is 0 Å². The monoisotopic (exact) mass is 312 g/mol. The third kappa shape index (κ3) is 3.43. The molecule has 1 N–H and O–H groups in total. The van der Waals surface area contributed by atoms with Crippen LogP contribution < -0.4 is 5.32 Å². The maximum atomic E-state index is 12.8. The number of hydrogen-bond donors (Lipinski definition) is 1. The lowest BCUT2D eigenvalue weighted by Gasteiger charge is -2.40. The predicted octanol–water partition coefficient (Wildman–Crippen LogP) is 3.03. The third-order valence-corrected chi connectivity index (χ3v) is 4.34. The van der Waals surface area contributed by atoms with E-state index in [0.29, 0.717) is 18.9 Å². The molecular weight excluding hydrogens is 293 g/mol. The van der Waals surface area contributed by atoms with Crippen LogP contribution in [0.5, 0.6) is 0 Å². The normalized spacial score (nSPS) is 26.0. The van der Waals surface area contributed by atoms with Gasteiger partial charge in [-0.3, -0.25) is 4.79 Å². The lowest BCUT2D eigenvalue weighted by atomic mass is 9.91. The molecule has 1 amide bonds. The molecule has 0 aromatic heterocycles. The van der Waals surface area contributed by atoms with Gasteiger partial charge in [-0.1, -0.05) is 30.3 Å². The molecule has 6 heteroatoms. The molecule has 1 aromatic rings. The van der Waals surface area contributed by atoms with Crippen molar-refractivity contribution in [1.29, 1.82) is 0 Å². The van der Waals surface area contributed by atoms with Gasteiger partial charge in [-0.25, -0.2) is 0 Å². The van der Waals surface area contributed by atoms with Crippen molar-refractivity contribution in [3.8, 4) is 0 Å². The molecule has 120 valence electrons. The summed E-state index contributed by atoms with van der Waals surface area (Å²) in [5, 5.41) is 3.47. The number of nitrogens with one attached hydrogen (secondary N) is 1. The van der Waals surface area contributed by atoms with Crippen molar-refractivity contribution in [1.82, 2.24) is 10.2 Å². The molecule has 0 spiro atoms. The van der Waals surface area contributed by atoms with E-state index in [0.717, 1.165) is 23.3 Å². The van der Waals surface area contributed by atoms with E-state index in [2.05, 4.69) is 5.32 Å². The van der Waals surface area contributed by atoms with E-state index in [1.54, 1.807) is 24.3 Å². The summed E-state index contributed by atoms with van der Waals surface area (Å²) >= 11 is 0. The Morgan fingerprint density at radius 3 is 2.36 bits per heavy atom. The van der Waals surface area contributed by atoms with Gasteiger partial charge < -0.3 is 10.2 Å². The summed E-state index contributed by atoms with van der Waals surface area (Å²) in [7, 11) is 0. The summed E-state index contributed by atoms with van der Waals surface area (Å²) < 4.78 is 38.5. The molecule has 2 aliphatic rings. The van der Waals surface area contributed by atoms with E-state index < -0.39 is 18.1 Å². The maximum absolute atomic E-state index is 12.8. The summed E-state index contributed by atoms with van der Waals surface area (Å²) in [5.74, 6) is -1.73. The van der Waals surface area contributed by atoms with Crippen molar-refractivity contribution >= 4 is 5.91 Å². The number of piperidine rings is 1. The second kappa shape index (κ2) is 5.91. The molecule has 1 saturated carbocycles. The fourth-order valence-corrected chi connectivity index (χ4v) is 3.10. The van der Waals surface area contributed by atoms with E-state index in [1.807, 2.05) is 6.07 Å². The second-order valence-corrected chi connectivity index (χ2v) is 6.09.